The Balaban J connectivity index is 2.97. The summed E-state index contributed by atoms with van der Waals surface area (Å²) < 4.78 is 0. The van der Waals surface area contributed by atoms with Crippen molar-refractivity contribution in [3.05, 3.63) is 11.9 Å². The normalized spacial score (nSPS) is 10.2. The van der Waals surface area contributed by atoms with E-state index in [-0.39, 0.29) is 12.5 Å². The van der Waals surface area contributed by atoms with E-state index in [1.807, 2.05) is 13.0 Å². The second kappa shape index (κ2) is 6.78. The monoisotopic (exact) mass is 251 g/mol. The molecule has 18 heavy (non-hydrogen) atoms. The number of likely N-dealkylation sites (N-methyl/N-ethyl adjacent to an activating group) is 1. The molecule has 0 saturated carbocycles. The lowest BCUT2D eigenvalue weighted by atomic mass is 10.3. The van der Waals surface area contributed by atoms with Crippen LogP contribution in [0.3, 0.4) is 0 Å². The number of hydrogen-bond donors (Lipinski definition) is 2. The molecule has 100 valence electrons. The standard InChI is InChI=1S/C12H21N5O/c1-4-6-10-15-11(14-5-2)7-12(16-10)17(3)8-9(13)18/h7H,4-6,8H2,1-3H3,(H2,13,18)(H,14,15,16). The lowest BCUT2D eigenvalue weighted by molar-refractivity contribution is -0.116. The molecule has 6 heteroatoms. The number of carbonyl (C=O) groups is 1. The van der Waals surface area contributed by atoms with Gasteiger partial charge in [-0.1, -0.05) is 6.92 Å². The zero-order valence-corrected chi connectivity index (χ0v) is 11.2. The summed E-state index contributed by atoms with van der Waals surface area (Å²) in [7, 11) is 1.79. The van der Waals surface area contributed by atoms with Crippen LogP contribution in [0.15, 0.2) is 6.07 Å². The molecule has 0 aliphatic heterocycles. The van der Waals surface area contributed by atoms with Gasteiger partial charge in [-0.05, 0) is 13.3 Å². The van der Waals surface area contributed by atoms with Crippen molar-refractivity contribution in [3.63, 3.8) is 0 Å². The maximum atomic E-state index is 10.9. The molecule has 1 aromatic rings. The average Bonchev–Trinajstić information content (AvgIpc) is 2.28. The van der Waals surface area contributed by atoms with Crippen molar-refractivity contribution in [2.45, 2.75) is 26.7 Å². The molecule has 6 nitrogen and oxygen atoms in total. The van der Waals surface area contributed by atoms with E-state index >= 15 is 0 Å². The van der Waals surface area contributed by atoms with Gasteiger partial charge in [0.2, 0.25) is 5.91 Å². The van der Waals surface area contributed by atoms with Crippen LogP contribution in [-0.2, 0) is 11.2 Å². The van der Waals surface area contributed by atoms with Gasteiger partial charge in [-0.3, -0.25) is 4.79 Å². The van der Waals surface area contributed by atoms with Crippen LogP contribution in [0.1, 0.15) is 26.1 Å². The number of hydrogen-bond acceptors (Lipinski definition) is 5. The fourth-order valence-electron chi connectivity index (χ4n) is 1.60. The highest BCUT2D eigenvalue weighted by Gasteiger charge is 2.09. The van der Waals surface area contributed by atoms with Crippen molar-refractivity contribution in [2.75, 3.05) is 30.4 Å². The van der Waals surface area contributed by atoms with Crippen LogP contribution in [0.4, 0.5) is 11.6 Å². The first-order chi connectivity index (χ1) is 8.56. The van der Waals surface area contributed by atoms with Gasteiger partial charge in [-0.25, -0.2) is 9.97 Å². The topological polar surface area (TPSA) is 84.1 Å². The predicted molar refractivity (Wildman–Crippen MR) is 72.7 cm³/mol. The molecule has 0 unspecified atom stereocenters. The summed E-state index contributed by atoms with van der Waals surface area (Å²) in [5, 5.41) is 3.16. The van der Waals surface area contributed by atoms with E-state index in [2.05, 4.69) is 22.2 Å². The van der Waals surface area contributed by atoms with Crippen LogP contribution in [0, 0.1) is 0 Å². The van der Waals surface area contributed by atoms with E-state index in [1.165, 1.54) is 0 Å². The summed E-state index contributed by atoms with van der Waals surface area (Å²) in [6.45, 7) is 5.03. The number of aromatic nitrogens is 2. The SMILES string of the molecule is CCCc1nc(NCC)cc(N(C)CC(N)=O)n1. The molecule has 3 N–H and O–H groups in total. The zero-order valence-electron chi connectivity index (χ0n) is 11.2. The van der Waals surface area contributed by atoms with Crippen molar-refractivity contribution < 1.29 is 4.79 Å². The third kappa shape index (κ3) is 4.20. The highest BCUT2D eigenvalue weighted by molar-refractivity contribution is 5.79. The summed E-state index contributed by atoms with van der Waals surface area (Å²) in [6.07, 6.45) is 1.80. The molecular weight excluding hydrogens is 230 g/mol. The molecule has 1 amide bonds. The van der Waals surface area contributed by atoms with Gasteiger partial charge in [-0.15, -0.1) is 0 Å². The first kappa shape index (κ1) is 14.2. The Kier molecular flexibility index (Phi) is 5.35. The number of carbonyl (C=O) groups excluding carboxylic acids is 1. The molecule has 1 heterocycles. The third-order valence-corrected chi connectivity index (χ3v) is 2.37. The Morgan fingerprint density at radius 2 is 2.17 bits per heavy atom. The Hall–Kier alpha value is -1.85. The summed E-state index contributed by atoms with van der Waals surface area (Å²) in [4.78, 5) is 21.5. The van der Waals surface area contributed by atoms with Crippen LogP contribution in [0.2, 0.25) is 0 Å². The third-order valence-electron chi connectivity index (χ3n) is 2.37. The van der Waals surface area contributed by atoms with Crippen LogP contribution in [0.25, 0.3) is 0 Å². The maximum Gasteiger partial charge on any atom is 0.236 e. The Morgan fingerprint density at radius 1 is 1.44 bits per heavy atom. The predicted octanol–water partition coefficient (Wildman–Crippen LogP) is 0.782. The Labute approximate surface area is 108 Å². The summed E-state index contributed by atoms with van der Waals surface area (Å²) >= 11 is 0. The highest BCUT2D eigenvalue weighted by atomic mass is 16.1. The molecule has 0 spiro atoms. The van der Waals surface area contributed by atoms with Crippen LogP contribution >= 0.6 is 0 Å². The van der Waals surface area contributed by atoms with Crippen molar-refractivity contribution >= 4 is 17.5 Å². The molecule has 0 aliphatic carbocycles. The fourth-order valence-corrected chi connectivity index (χ4v) is 1.60. The van der Waals surface area contributed by atoms with Crippen molar-refractivity contribution in [2.24, 2.45) is 5.73 Å². The van der Waals surface area contributed by atoms with E-state index in [0.29, 0.717) is 5.82 Å². The van der Waals surface area contributed by atoms with Gasteiger partial charge in [0.05, 0.1) is 6.54 Å². The first-order valence-electron chi connectivity index (χ1n) is 6.18. The minimum Gasteiger partial charge on any atom is -0.370 e. The quantitative estimate of drug-likeness (QED) is 0.748. The van der Waals surface area contributed by atoms with Gasteiger partial charge in [0, 0.05) is 26.1 Å². The Morgan fingerprint density at radius 3 is 2.72 bits per heavy atom. The molecule has 0 radical (unpaired) electrons. The number of nitrogens with zero attached hydrogens (tertiary/aromatic N) is 3. The number of nitrogens with one attached hydrogen (secondary N) is 1. The van der Waals surface area contributed by atoms with Gasteiger partial charge < -0.3 is 16.0 Å². The second-order valence-corrected chi connectivity index (χ2v) is 4.13. The van der Waals surface area contributed by atoms with Gasteiger partial charge in [0.1, 0.15) is 17.5 Å². The van der Waals surface area contributed by atoms with E-state index < -0.39 is 0 Å². The molecule has 0 bridgehead atoms. The van der Waals surface area contributed by atoms with Gasteiger partial charge in [0.25, 0.3) is 0 Å². The first-order valence-corrected chi connectivity index (χ1v) is 6.18. The van der Waals surface area contributed by atoms with Gasteiger partial charge in [0.15, 0.2) is 0 Å². The number of primary amides is 1. The van der Waals surface area contributed by atoms with E-state index in [4.69, 9.17) is 5.73 Å². The van der Waals surface area contributed by atoms with E-state index in [9.17, 15) is 4.79 Å². The maximum absolute atomic E-state index is 10.9. The molecule has 0 aliphatic rings. The minimum atomic E-state index is -0.377. The van der Waals surface area contributed by atoms with Gasteiger partial charge >= 0.3 is 0 Å². The summed E-state index contributed by atoms with van der Waals surface area (Å²) in [5.41, 5.74) is 5.18. The van der Waals surface area contributed by atoms with Crippen LogP contribution in [0.5, 0.6) is 0 Å². The number of aryl methyl sites for hydroxylation is 1. The molecule has 0 atom stereocenters. The second-order valence-electron chi connectivity index (χ2n) is 4.13. The molecule has 1 aromatic heterocycles. The van der Waals surface area contributed by atoms with Crippen molar-refractivity contribution in [3.8, 4) is 0 Å². The molecule has 0 fully saturated rings. The van der Waals surface area contributed by atoms with Crippen molar-refractivity contribution in [1.82, 2.24) is 9.97 Å². The van der Waals surface area contributed by atoms with Crippen LogP contribution in [-0.4, -0.2) is 36.0 Å². The minimum absolute atomic E-state index is 0.147. The van der Waals surface area contributed by atoms with Crippen LogP contribution < -0.4 is 16.0 Å². The molecule has 0 aromatic carbocycles. The van der Waals surface area contributed by atoms with Crippen molar-refractivity contribution in [1.29, 1.82) is 0 Å². The number of rotatable bonds is 7. The van der Waals surface area contributed by atoms with E-state index in [1.54, 1.807) is 11.9 Å². The van der Waals surface area contributed by atoms with E-state index in [0.717, 1.165) is 31.0 Å². The summed E-state index contributed by atoms with van der Waals surface area (Å²) in [5.74, 6) is 1.89. The number of anilines is 2. The van der Waals surface area contributed by atoms with Gasteiger partial charge in [-0.2, -0.15) is 0 Å². The lowest BCUT2D eigenvalue weighted by Crippen LogP contribution is -2.31. The Bertz CT molecular complexity index is 383. The average molecular weight is 251 g/mol. The smallest absolute Gasteiger partial charge is 0.236 e. The number of nitrogens with two attached hydrogens (primary N) is 1. The molecule has 1 rings (SSSR count). The molecular formula is C12H21N5O. The number of amides is 1. The largest absolute Gasteiger partial charge is 0.370 e. The fraction of sp³-hybridized carbons (Fsp3) is 0.583. The highest BCUT2D eigenvalue weighted by Crippen LogP contribution is 2.15. The zero-order chi connectivity index (χ0) is 13.5. The summed E-state index contributed by atoms with van der Waals surface area (Å²) in [6, 6.07) is 1.82. The molecule has 0 saturated heterocycles. The lowest BCUT2D eigenvalue weighted by Gasteiger charge is -2.18.